The molecule has 0 aliphatic heterocycles. The molecule has 0 aromatic heterocycles. The standard InChI is InChI=1S/C27H35/c1-19-4-8-22(9-5-19)23-12-14-25(15-13-23)27-17-16-26(18-21(27)3)24-10-6-20(2)7-11-24/h12-20,22,24H,1,4-11H2,2-3H3/q+1. The maximum atomic E-state index is 4.23. The maximum Gasteiger partial charge on any atom is 0.0953 e. The quantitative estimate of drug-likeness (QED) is 0.486. The summed E-state index contributed by atoms with van der Waals surface area (Å²) in [7, 11) is 0. The Balaban J connectivity index is 1.48. The minimum atomic E-state index is 0.675. The van der Waals surface area contributed by atoms with E-state index in [1.807, 2.05) is 0 Å². The molecule has 2 aliphatic rings. The molecule has 0 nitrogen and oxygen atoms in total. The Morgan fingerprint density at radius 3 is 1.89 bits per heavy atom. The zero-order valence-corrected chi connectivity index (χ0v) is 17.2. The number of rotatable bonds is 3. The first-order valence-electron chi connectivity index (χ1n) is 11.1. The summed E-state index contributed by atoms with van der Waals surface area (Å²) in [6, 6.07) is 16.7. The molecule has 2 aliphatic carbocycles. The largest absolute Gasteiger partial charge is 0.0953 e. The zero-order valence-electron chi connectivity index (χ0n) is 17.2. The first-order chi connectivity index (χ1) is 13.1. The van der Waals surface area contributed by atoms with Crippen LogP contribution >= 0.6 is 0 Å². The molecule has 2 aromatic rings. The van der Waals surface area contributed by atoms with E-state index in [2.05, 4.69) is 63.2 Å². The fourth-order valence-corrected chi connectivity index (χ4v) is 5.29. The summed E-state index contributed by atoms with van der Waals surface area (Å²) in [5.41, 5.74) is 7.28. The smallest absolute Gasteiger partial charge is 0.0625 e. The van der Waals surface area contributed by atoms with Crippen LogP contribution in [0.15, 0.2) is 42.5 Å². The summed E-state index contributed by atoms with van der Waals surface area (Å²) in [5.74, 6) is 3.12. The summed E-state index contributed by atoms with van der Waals surface area (Å²) < 4.78 is 0. The molecule has 0 saturated heterocycles. The van der Waals surface area contributed by atoms with Gasteiger partial charge in [0.2, 0.25) is 0 Å². The Kier molecular flexibility index (Phi) is 5.62. The van der Waals surface area contributed by atoms with Gasteiger partial charge in [0.25, 0.3) is 0 Å². The van der Waals surface area contributed by atoms with Crippen LogP contribution in [0.5, 0.6) is 0 Å². The van der Waals surface area contributed by atoms with Gasteiger partial charge in [0.15, 0.2) is 0 Å². The molecule has 0 radical (unpaired) electrons. The fourth-order valence-electron chi connectivity index (χ4n) is 5.29. The maximum absolute atomic E-state index is 4.23. The van der Waals surface area contributed by atoms with Gasteiger partial charge in [-0.05, 0) is 91.0 Å². The van der Waals surface area contributed by atoms with Crippen LogP contribution in [-0.4, -0.2) is 0 Å². The van der Waals surface area contributed by atoms with Gasteiger partial charge in [-0.3, -0.25) is 0 Å². The Labute approximate surface area is 166 Å². The van der Waals surface area contributed by atoms with Gasteiger partial charge in [0.05, 0.1) is 12.8 Å². The SMILES string of the molecule is [CH2+]C1CCC(c2ccc(-c3ccc(C4CCC(C)CC4)cc3C)cc2)CC1. The third kappa shape index (κ3) is 4.26. The summed E-state index contributed by atoms with van der Waals surface area (Å²) in [5, 5.41) is 0. The zero-order chi connectivity index (χ0) is 18.8. The van der Waals surface area contributed by atoms with Crippen LogP contribution in [0.2, 0.25) is 0 Å². The summed E-state index contributed by atoms with van der Waals surface area (Å²) in [6.45, 7) is 8.92. The molecule has 0 unspecified atom stereocenters. The molecule has 0 amide bonds. The van der Waals surface area contributed by atoms with Gasteiger partial charge in [-0.15, -0.1) is 0 Å². The fraction of sp³-hybridized carbons (Fsp3) is 0.519. The molecule has 2 saturated carbocycles. The second-order valence-corrected chi connectivity index (χ2v) is 9.37. The van der Waals surface area contributed by atoms with Crippen molar-refractivity contribution < 1.29 is 0 Å². The number of hydrogen-bond acceptors (Lipinski definition) is 0. The molecule has 0 spiro atoms. The Hall–Kier alpha value is -1.69. The van der Waals surface area contributed by atoms with E-state index < -0.39 is 0 Å². The third-order valence-corrected chi connectivity index (χ3v) is 7.28. The van der Waals surface area contributed by atoms with Gasteiger partial charge in [0, 0.05) is 0 Å². The average molecular weight is 360 g/mol. The van der Waals surface area contributed by atoms with Crippen molar-refractivity contribution in [3.8, 4) is 11.1 Å². The van der Waals surface area contributed by atoms with Crippen LogP contribution in [0.25, 0.3) is 11.1 Å². The lowest BCUT2D eigenvalue weighted by atomic mass is 9.78. The Morgan fingerprint density at radius 1 is 0.704 bits per heavy atom. The highest BCUT2D eigenvalue weighted by molar-refractivity contribution is 5.68. The van der Waals surface area contributed by atoms with Crippen molar-refractivity contribution in [2.75, 3.05) is 0 Å². The van der Waals surface area contributed by atoms with Crippen molar-refractivity contribution >= 4 is 0 Å². The van der Waals surface area contributed by atoms with Crippen molar-refractivity contribution in [1.29, 1.82) is 0 Å². The molecule has 4 rings (SSSR count). The van der Waals surface area contributed by atoms with Crippen LogP contribution in [0.3, 0.4) is 0 Å². The van der Waals surface area contributed by atoms with Gasteiger partial charge in [0.1, 0.15) is 0 Å². The van der Waals surface area contributed by atoms with E-state index in [0.717, 1.165) is 17.8 Å². The van der Waals surface area contributed by atoms with Gasteiger partial charge in [-0.1, -0.05) is 62.2 Å². The predicted octanol–water partition coefficient (Wildman–Crippen LogP) is 8.06. The first-order valence-corrected chi connectivity index (χ1v) is 11.1. The highest BCUT2D eigenvalue weighted by Crippen LogP contribution is 2.38. The molecule has 27 heavy (non-hydrogen) atoms. The first kappa shape index (κ1) is 18.7. The lowest BCUT2D eigenvalue weighted by Crippen LogP contribution is -2.11. The van der Waals surface area contributed by atoms with Crippen LogP contribution < -0.4 is 0 Å². The number of benzene rings is 2. The molecule has 0 bridgehead atoms. The second kappa shape index (κ2) is 8.13. The summed E-state index contributed by atoms with van der Waals surface area (Å²) in [6.07, 6.45) is 10.7. The number of aryl methyl sites for hydroxylation is 1. The van der Waals surface area contributed by atoms with Crippen molar-refractivity contribution in [3.63, 3.8) is 0 Å². The molecular weight excluding hydrogens is 324 g/mol. The molecule has 142 valence electrons. The number of hydrogen-bond donors (Lipinski definition) is 0. The highest BCUT2D eigenvalue weighted by Gasteiger charge is 2.23. The molecule has 0 heteroatoms. The topological polar surface area (TPSA) is 0 Å². The van der Waals surface area contributed by atoms with E-state index in [1.54, 1.807) is 5.56 Å². The normalized spacial score (nSPS) is 28.8. The summed E-state index contributed by atoms with van der Waals surface area (Å²) >= 11 is 0. The third-order valence-electron chi connectivity index (χ3n) is 7.28. The van der Waals surface area contributed by atoms with E-state index in [-0.39, 0.29) is 0 Å². The van der Waals surface area contributed by atoms with Crippen molar-refractivity contribution in [2.45, 2.75) is 77.0 Å². The average Bonchev–Trinajstić information content (AvgIpc) is 2.69. The second-order valence-electron chi connectivity index (χ2n) is 9.37. The highest BCUT2D eigenvalue weighted by atomic mass is 14.3. The van der Waals surface area contributed by atoms with E-state index >= 15 is 0 Å². The molecule has 0 N–H and O–H groups in total. The van der Waals surface area contributed by atoms with Crippen LogP contribution in [0, 0.1) is 25.7 Å². The van der Waals surface area contributed by atoms with E-state index in [4.69, 9.17) is 0 Å². The molecule has 0 atom stereocenters. The van der Waals surface area contributed by atoms with E-state index in [1.165, 1.54) is 73.6 Å². The van der Waals surface area contributed by atoms with E-state index in [0.29, 0.717) is 5.92 Å². The monoisotopic (exact) mass is 359 g/mol. The lowest BCUT2D eigenvalue weighted by Gasteiger charge is -2.27. The van der Waals surface area contributed by atoms with Crippen molar-refractivity contribution in [2.24, 2.45) is 11.8 Å². The van der Waals surface area contributed by atoms with Crippen LogP contribution in [0.4, 0.5) is 0 Å². The van der Waals surface area contributed by atoms with Gasteiger partial charge < -0.3 is 0 Å². The van der Waals surface area contributed by atoms with Gasteiger partial charge in [-0.2, -0.15) is 0 Å². The van der Waals surface area contributed by atoms with Crippen molar-refractivity contribution in [3.05, 3.63) is 66.1 Å². The van der Waals surface area contributed by atoms with Crippen LogP contribution in [-0.2, 0) is 0 Å². The van der Waals surface area contributed by atoms with Crippen LogP contribution in [0.1, 0.15) is 86.8 Å². The molecule has 2 fully saturated rings. The molecular formula is C27H35+. The Bertz CT molecular complexity index is 738. The van der Waals surface area contributed by atoms with Gasteiger partial charge in [-0.25, -0.2) is 0 Å². The molecule has 0 heterocycles. The molecule has 2 aromatic carbocycles. The lowest BCUT2D eigenvalue weighted by molar-refractivity contribution is 0.348. The Morgan fingerprint density at radius 2 is 1.26 bits per heavy atom. The minimum absolute atomic E-state index is 0.675. The van der Waals surface area contributed by atoms with Crippen molar-refractivity contribution in [1.82, 2.24) is 0 Å². The van der Waals surface area contributed by atoms with E-state index in [9.17, 15) is 0 Å². The predicted molar refractivity (Wildman–Crippen MR) is 117 cm³/mol. The minimum Gasteiger partial charge on any atom is -0.0625 e. The van der Waals surface area contributed by atoms with Gasteiger partial charge >= 0.3 is 0 Å². The summed E-state index contributed by atoms with van der Waals surface area (Å²) in [4.78, 5) is 0.